The molecule has 0 bridgehead atoms. The van der Waals surface area contributed by atoms with Crippen LogP contribution in [0.15, 0.2) is 71.2 Å². The monoisotopic (exact) mass is 1590 g/mol. The maximum absolute atomic E-state index is 12.7. The Morgan fingerprint density at radius 1 is 0.495 bits per heavy atom. The van der Waals surface area contributed by atoms with Gasteiger partial charge in [0.25, 0.3) is 0 Å². The predicted octanol–water partition coefficient (Wildman–Crippen LogP) is 20.4. The van der Waals surface area contributed by atoms with Crippen LogP contribution in [0.5, 0.6) is 0 Å². The Hall–Kier alpha value is -5.40. The predicted molar refractivity (Wildman–Crippen MR) is 390 cm³/mol. The summed E-state index contributed by atoms with van der Waals surface area (Å²) >= 11 is 67.3. The number of pyridine rings is 2. The number of carbonyl (C=O) groups excluding carboxylic acids is 4. The number of aryl methyl sites for hydroxylation is 2. The van der Waals surface area contributed by atoms with Crippen molar-refractivity contribution in [3.05, 3.63) is 147 Å². The molecule has 0 unspecified atom stereocenters. The number of aliphatic carboxylic acids is 1. The minimum Gasteiger partial charge on any atom is -0.481 e. The molecule has 0 saturated carbocycles. The number of nitrogens with zero attached hydrogens (tertiary/aromatic N) is 8. The largest absolute Gasteiger partial charge is 0.511 e. The third kappa shape index (κ3) is 23.8. The molecular weight excluding hydrogens is 1510 g/mol. The van der Waals surface area contributed by atoms with E-state index in [0.29, 0.717) is 68.8 Å². The van der Waals surface area contributed by atoms with Gasteiger partial charge in [0.05, 0.1) is 80.5 Å². The van der Waals surface area contributed by atoms with Crippen molar-refractivity contribution in [3.8, 4) is 11.4 Å². The van der Waals surface area contributed by atoms with E-state index in [4.69, 9.17) is 145 Å². The van der Waals surface area contributed by atoms with E-state index < -0.39 is 48.6 Å². The molecule has 0 radical (unpaired) electrons. The highest BCUT2D eigenvalue weighted by atomic mass is 35.5. The summed E-state index contributed by atoms with van der Waals surface area (Å²) < 4.78 is 32.6. The number of carbonyl (C=O) groups is 5. The number of aliphatic hydroxyl groups excluding tert-OH is 1. The van der Waals surface area contributed by atoms with E-state index in [1.807, 2.05) is 109 Å². The number of rotatable bonds is 20. The molecule has 0 aliphatic carbocycles. The van der Waals surface area contributed by atoms with Crippen LogP contribution in [-0.2, 0) is 38.0 Å². The number of imidazole rings is 2. The molecule has 2 aliphatic heterocycles. The van der Waals surface area contributed by atoms with Gasteiger partial charge in [-0.25, -0.2) is 24.4 Å². The van der Waals surface area contributed by atoms with Gasteiger partial charge >= 0.3 is 29.7 Å². The Bertz CT molecular complexity index is 3760. The van der Waals surface area contributed by atoms with Gasteiger partial charge < -0.3 is 38.6 Å². The Morgan fingerprint density at radius 2 is 0.869 bits per heavy atom. The molecule has 6 heterocycles. The topological polar surface area (TPSA) is 267 Å². The molecule has 6 aromatic rings. The van der Waals surface area contributed by atoms with Gasteiger partial charge in [0, 0.05) is 71.7 Å². The maximum atomic E-state index is 12.7. The van der Waals surface area contributed by atoms with Crippen LogP contribution in [0.4, 0.5) is 14.4 Å². The lowest BCUT2D eigenvalue weighted by atomic mass is 9.96. The van der Waals surface area contributed by atoms with E-state index >= 15 is 0 Å². The summed E-state index contributed by atoms with van der Waals surface area (Å²) in [6.07, 6.45) is 4.71. The number of ether oxygens (including phenoxy) is 6. The van der Waals surface area contributed by atoms with Crippen LogP contribution in [0.25, 0.3) is 11.4 Å². The first kappa shape index (κ1) is 86.0. The maximum Gasteiger partial charge on any atom is 0.511 e. The number of fused-ring (bicyclic) bond motifs is 6. The Labute approximate surface area is 631 Å². The highest BCUT2D eigenvalue weighted by Crippen LogP contribution is 2.49. The zero-order valence-corrected chi connectivity index (χ0v) is 65.0. The van der Waals surface area contributed by atoms with E-state index in [9.17, 15) is 34.2 Å². The van der Waals surface area contributed by atoms with E-state index in [-0.39, 0.29) is 120 Å². The van der Waals surface area contributed by atoms with Crippen LogP contribution in [0, 0.1) is 49.4 Å². The van der Waals surface area contributed by atoms with Crippen molar-refractivity contribution in [2.45, 2.75) is 153 Å². The number of esters is 1. The second kappa shape index (κ2) is 41.0. The van der Waals surface area contributed by atoms with Gasteiger partial charge in [-0.15, -0.1) is 0 Å². The molecule has 8 rings (SSSR count). The van der Waals surface area contributed by atoms with Crippen LogP contribution in [0.2, 0.25) is 40.2 Å². The number of hydrogen-bond donors (Lipinski definition) is 2. The van der Waals surface area contributed by atoms with Gasteiger partial charge in [-0.3, -0.25) is 38.7 Å². The number of hydrogen-bond acceptors (Lipinski definition) is 18. The quantitative estimate of drug-likeness (QED) is 0.0137. The second-order valence-electron chi connectivity index (χ2n) is 24.2. The normalized spacial score (nSPS) is 13.6. The lowest BCUT2D eigenvalue weighted by Crippen LogP contribution is -2.29. The summed E-state index contributed by atoms with van der Waals surface area (Å²) in [6.45, 7) is 27.0. The van der Waals surface area contributed by atoms with Gasteiger partial charge in [-0.2, -0.15) is 0 Å². The number of aliphatic imine (C=N–C) groups is 2. The van der Waals surface area contributed by atoms with Crippen LogP contribution in [0.3, 0.4) is 0 Å². The first-order valence-electron chi connectivity index (χ1n) is 31.0. The molecule has 32 heteroatoms. The molecule has 99 heavy (non-hydrogen) atoms. The molecule has 2 atom stereocenters. The summed E-state index contributed by atoms with van der Waals surface area (Å²) in [6, 6.07) is 9.20. The highest BCUT2D eigenvalue weighted by Gasteiger charge is 2.36. The van der Waals surface area contributed by atoms with E-state index in [2.05, 4.69) is 41.0 Å². The van der Waals surface area contributed by atoms with Crippen molar-refractivity contribution < 1.29 is 62.6 Å². The number of halogens is 11. The van der Waals surface area contributed by atoms with Gasteiger partial charge in [0.15, 0.2) is 12.1 Å². The molecule has 0 spiro atoms. The zero-order chi connectivity index (χ0) is 74.4. The number of carboxylic acids is 1. The van der Waals surface area contributed by atoms with Crippen molar-refractivity contribution in [2.24, 2.45) is 45.5 Å². The second-order valence-corrected chi connectivity index (χ2v) is 27.9. The number of aliphatic hydroxyl groups is 1. The molecule has 0 saturated heterocycles. The van der Waals surface area contributed by atoms with Crippen molar-refractivity contribution in [3.63, 3.8) is 0 Å². The summed E-state index contributed by atoms with van der Waals surface area (Å²) in [5.74, 6) is 1.10. The van der Waals surface area contributed by atoms with Crippen molar-refractivity contribution in [1.29, 1.82) is 0 Å². The summed E-state index contributed by atoms with van der Waals surface area (Å²) in [5.41, 5.74) is 4.40. The molecule has 4 aromatic heterocycles. The van der Waals surface area contributed by atoms with Crippen molar-refractivity contribution in [2.75, 3.05) is 18.9 Å². The average Bonchev–Trinajstić information content (AvgIpc) is 1.72. The first-order chi connectivity index (χ1) is 46.5. The standard InChI is InChI=1S/C29H30Cl4N4O5.C20H14Cl4N4O2.C9H17ClO3.C7H16O.C2H2Cl2O2/c1-14(2)27(15(3)4)42-29(39)41-13-40-19(38)10-9-18-28-35-12-16(5)37(28)26-20(21(30)22(31)23(32)24(26)33)25(36-18)17-8-6-7-11-34-17;1-9-8-26-20-11(5-6-12(29)30)27-18(10-4-2-3-7-25-10)13-14(21)15(22)16(23)17(24)19(13)28(9)20;1-6(2)8(7(3)4)13-9(11)12-5-10;1-5(2)7(8)6(3)4;3-1-6-2(4)5/h6-8,11-12,14-15,18,27H,9-10,13H2,1-5H3;2-4,7-8,11H,5-6H2,1H3,(H,29,30);6-8H,5H2,1-4H3;5-8H,1-4H3;1H2/t18-;11-;;;/m00.../s1. The fraction of sp³-hybridized carbons (Fsp3) is 0.478. The van der Waals surface area contributed by atoms with Gasteiger partial charge in [-0.1, -0.05) is 211 Å². The Kier molecular flexibility index (Phi) is 35.7. The highest BCUT2D eigenvalue weighted by molar-refractivity contribution is 6.61. The van der Waals surface area contributed by atoms with Gasteiger partial charge in [-0.05, 0) is 86.5 Å². The molecule has 0 fully saturated rings. The number of alkyl halides is 2. The molecule has 542 valence electrons. The van der Waals surface area contributed by atoms with E-state index in [1.54, 1.807) is 58.2 Å². The molecular formula is C67H79Cl11N8O13. The third-order valence-electron chi connectivity index (χ3n) is 14.8. The summed E-state index contributed by atoms with van der Waals surface area (Å²) in [4.78, 5) is 84.2. The lowest BCUT2D eigenvalue weighted by molar-refractivity contribution is -0.154. The van der Waals surface area contributed by atoms with Crippen molar-refractivity contribution >= 4 is 169 Å². The number of aromatic nitrogens is 6. The molecule has 2 aliphatic rings. The molecule has 0 amide bonds. The van der Waals surface area contributed by atoms with E-state index in [1.165, 1.54) is 0 Å². The van der Waals surface area contributed by atoms with Crippen LogP contribution >= 0.6 is 128 Å². The number of benzene rings is 2. The molecule has 2 aromatic carbocycles. The van der Waals surface area contributed by atoms with Crippen LogP contribution in [0.1, 0.15) is 166 Å². The third-order valence-corrected chi connectivity index (χ3v) is 18.7. The van der Waals surface area contributed by atoms with Crippen molar-refractivity contribution in [1.82, 2.24) is 29.1 Å². The summed E-state index contributed by atoms with van der Waals surface area (Å²) in [7, 11) is 0. The number of carboxylic acid groups (broad SMARTS) is 1. The average molecular weight is 1590 g/mol. The fourth-order valence-corrected chi connectivity index (χ4v) is 12.7. The first-order valence-corrected chi connectivity index (χ1v) is 35.5. The Balaban J connectivity index is 0.000000314. The summed E-state index contributed by atoms with van der Waals surface area (Å²) in [5, 5.41) is 19.5. The zero-order valence-electron chi connectivity index (χ0n) is 56.7. The lowest BCUT2D eigenvalue weighted by Gasteiger charge is -2.24. The minimum atomic E-state index is -0.927. The fourth-order valence-electron chi connectivity index (χ4n) is 10.4. The molecule has 21 nitrogen and oxygen atoms in total. The van der Waals surface area contributed by atoms with Gasteiger partial charge in [0.1, 0.15) is 35.9 Å². The SMILES string of the molecule is CC(C)C(O)C(C)C.CC(C)C(OC(=O)OCCl)C(C)C.Cc1cnc2n1-c1c(Cl)c(Cl)c(Cl)c(Cl)c1C(c1ccccn1)=N[C@H]2CCC(=O)O.Cc1cnc2n1-c1c(Cl)c(Cl)c(Cl)c(Cl)c1C(c1ccccn1)=N[C@H]2CCC(=O)OCOC(=O)OC(C(C)C)C(C)C.O=C(Cl)OCCl. The smallest absolute Gasteiger partial charge is 0.481 e. The Morgan fingerprint density at radius 3 is 1.18 bits per heavy atom. The van der Waals surface area contributed by atoms with Crippen LogP contribution < -0.4 is 0 Å². The van der Waals surface area contributed by atoms with Gasteiger partial charge in [0.2, 0.25) is 6.79 Å². The minimum absolute atomic E-state index is 0.0616. The van der Waals surface area contributed by atoms with E-state index in [0.717, 1.165) is 11.4 Å². The molecule has 2 N–H and O–H groups in total. The van der Waals surface area contributed by atoms with Crippen LogP contribution in [-0.4, -0.2) is 118 Å².